The van der Waals surface area contributed by atoms with Gasteiger partial charge in [0.15, 0.2) is 11.7 Å². The molecule has 0 aromatic heterocycles. The van der Waals surface area contributed by atoms with Crippen LogP contribution in [0.15, 0.2) is 63.5 Å². The summed E-state index contributed by atoms with van der Waals surface area (Å²) in [6, 6.07) is 15.1. The molecule has 2 rings (SSSR count). The summed E-state index contributed by atoms with van der Waals surface area (Å²) in [5, 5.41) is 9.71. The molecule has 0 radical (unpaired) electrons. The van der Waals surface area contributed by atoms with Gasteiger partial charge in [0.1, 0.15) is 6.73 Å². The van der Waals surface area contributed by atoms with Crippen molar-refractivity contribution < 1.29 is 5.11 Å². The van der Waals surface area contributed by atoms with Gasteiger partial charge >= 0.3 is 0 Å². The van der Waals surface area contributed by atoms with Crippen LogP contribution in [0.2, 0.25) is 5.02 Å². The van der Waals surface area contributed by atoms with Gasteiger partial charge in [0.2, 0.25) is 0 Å². The Morgan fingerprint density at radius 1 is 1.13 bits per heavy atom. The van der Waals surface area contributed by atoms with Crippen LogP contribution in [0.5, 0.6) is 0 Å². The Balaban J connectivity index is 2.52. The zero-order valence-electron chi connectivity index (χ0n) is 12.9. The number of benzene rings is 2. The quantitative estimate of drug-likeness (QED) is 0.675. The summed E-state index contributed by atoms with van der Waals surface area (Å²) in [4.78, 5) is 12.5. The van der Waals surface area contributed by atoms with Gasteiger partial charge in [-0.25, -0.2) is 15.0 Å². The summed E-state index contributed by atoms with van der Waals surface area (Å²) in [7, 11) is 0. The van der Waals surface area contributed by atoms with Crippen molar-refractivity contribution in [2.24, 2.45) is 15.0 Å². The molecule has 0 atom stereocenters. The Kier molecular flexibility index (Phi) is 6.20. The lowest BCUT2D eigenvalue weighted by Gasteiger charge is -2.08. The molecule has 0 saturated carbocycles. The van der Waals surface area contributed by atoms with E-state index in [1.54, 1.807) is 0 Å². The first kappa shape index (κ1) is 17.1. The van der Waals surface area contributed by atoms with Gasteiger partial charge < -0.3 is 5.11 Å². The Labute approximate surface area is 140 Å². The second-order valence-electron chi connectivity index (χ2n) is 4.75. The summed E-state index contributed by atoms with van der Waals surface area (Å²) in [5.41, 5.74) is 2.61. The van der Waals surface area contributed by atoms with Gasteiger partial charge in [-0.2, -0.15) is 0 Å². The number of aliphatic hydroxyl groups excluding tert-OH is 1. The van der Waals surface area contributed by atoms with Crippen LogP contribution in [0.25, 0.3) is 0 Å². The SMILES string of the molecule is C=N/C(=N\C(=N/CO)c1ccccc1)c1cc(CC)ccc1Cl. The predicted octanol–water partition coefficient (Wildman–Crippen LogP) is 3.75. The van der Waals surface area contributed by atoms with E-state index in [9.17, 15) is 0 Å². The molecule has 5 heteroatoms. The third kappa shape index (κ3) is 4.34. The molecule has 0 aliphatic rings. The minimum atomic E-state index is -0.360. The van der Waals surface area contributed by atoms with Crippen molar-refractivity contribution in [3.05, 3.63) is 70.2 Å². The van der Waals surface area contributed by atoms with Gasteiger partial charge in [-0.15, -0.1) is 0 Å². The summed E-state index contributed by atoms with van der Waals surface area (Å²) in [5.74, 6) is 0.759. The highest BCUT2D eigenvalue weighted by atomic mass is 35.5. The van der Waals surface area contributed by atoms with Gasteiger partial charge in [-0.1, -0.05) is 54.9 Å². The molecule has 0 aliphatic heterocycles. The molecule has 0 heterocycles. The molecular weight excluding hydrogens is 310 g/mol. The summed E-state index contributed by atoms with van der Waals surface area (Å²) >= 11 is 6.28. The maximum atomic E-state index is 9.16. The molecule has 0 aliphatic carbocycles. The lowest BCUT2D eigenvalue weighted by atomic mass is 10.1. The summed E-state index contributed by atoms with van der Waals surface area (Å²) in [6.07, 6.45) is 0.880. The molecule has 0 spiro atoms. The first-order valence-electron chi connectivity index (χ1n) is 7.24. The topological polar surface area (TPSA) is 57.3 Å². The van der Waals surface area contributed by atoms with E-state index in [1.807, 2.05) is 48.5 Å². The van der Waals surface area contributed by atoms with E-state index in [0.29, 0.717) is 22.3 Å². The van der Waals surface area contributed by atoms with Crippen molar-refractivity contribution in [1.82, 2.24) is 0 Å². The summed E-state index contributed by atoms with van der Waals surface area (Å²) in [6.45, 7) is 5.29. The van der Waals surface area contributed by atoms with Crippen LogP contribution in [0.3, 0.4) is 0 Å². The standard InChI is InChI=1S/C18H18ClN3O/c1-3-13-9-10-16(19)15(11-13)18(20-2)22-17(21-12-23)14-7-5-4-6-8-14/h4-11,23H,2-3,12H2,1H3/b21-17-,22-18-. The number of hydrogen-bond acceptors (Lipinski definition) is 2. The van der Waals surface area contributed by atoms with Crippen molar-refractivity contribution in [2.45, 2.75) is 13.3 Å². The van der Waals surface area contributed by atoms with Crippen molar-refractivity contribution in [2.75, 3.05) is 6.73 Å². The van der Waals surface area contributed by atoms with E-state index in [0.717, 1.165) is 17.5 Å². The van der Waals surface area contributed by atoms with Crippen LogP contribution in [0.1, 0.15) is 23.6 Å². The number of aliphatic imine (C=N–C) groups is 3. The van der Waals surface area contributed by atoms with Crippen LogP contribution >= 0.6 is 11.6 Å². The second kappa shape index (κ2) is 8.36. The van der Waals surface area contributed by atoms with Crippen LogP contribution in [0, 0.1) is 0 Å². The highest BCUT2D eigenvalue weighted by Gasteiger charge is 2.10. The predicted molar refractivity (Wildman–Crippen MR) is 97.0 cm³/mol. The average Bonchev–Trinajstić information content (AvgIpc) is 2.60. The number of aryl methyl sites for hydroxylation is 1. The smallest absolute Gasteiger partial charge is 0.162 e. The fourth-order valence-electron chi connectivity index (χ4n) is 2.09. The first-order valence-corrected chi connectivity index (χ1v) is 7.62. The van der Waals surface area contributed by atoms with Gasteiger partial charge in [0.25, 0.3) is 0 Å². The number of amidine groups is 2. The largest absolute Gasteiger partial charge is 0.374 e. The second-order valence-corrected chi connectivity index (χ2v) is 5.16. The lowest BCUT2D eigenvalue weighted by molar-refractivity contribution is 0.309. The van der Waals surface area contributed by atoms with Crippen LogP contribution in [-0.4, -0.2) is 30.2 Å². The Hall–Kier alpha value is -2.30. The number of nitrogens with zero attached hydrogens (tertiary/aromatic N) is 3. The van der Waals surface area contributed by atoms with Crippen molar-refractivity contribution >= 4 is 30.0 Å². The molecule has 0 unspecified atom stereocenters. The molecule has 1 N–H and O–H groups in total. The first-order chi connectivity index (χ1) is 11.2. The van der Waals surface area contributed by atoms with E-state index in [2.05, 4.69) is 28.6 Å². The fourth-order valence-corrected chi connectivity index (χ4v) is 2.29. The summed E-state index contributed by atoms with van der Waals surface area (Å²) < 4.78 is 0. The monoisotopic (exact) mass is 327 g/mol. The van der Waals surface area contributed by atoms with Crippen LogP contribution in [-0.2, 0) is 6.42 Å². The van der Waals surface area contributed by atoms with Crippen molar-refractivity contribution in [3.63, 3.8) is 0 Å². The minimum absolute atomic E-state index is 0.360. The molecule has 0 saturated heterocycles. The molecule has 0 bridgehead atoms. The van der Waals surface area contributed by atoms with E-state index in [-0.39, 0.29) is 6.73 Å². The van der Waals surface area contributed by atoms with Gasteiger partial charge in [-0.3, -0.25) is 0 Å². The number of hydrogen-bond donors (Lipinski definition) is 1. The number of rotatable bonds is 4. The van der Waals surface area contributed by atoms with Gasteiger partial charge in [0.05, 0.1) is 5.02 Å². The van der Waals surface area contributed by atoms with E-state index < -0.39 is 0 Å². The molecule has 2 aromatic carbocycles. The molecule has 0 amide bonds. The highest BCUT2D eigenvalue weighted by molar-refractivity contribution is 6.34. The van der Waals surface area contributed by atoms with E-state index in [1.165, 1.54) is 0 Å². The molecule has 0 fully saturated rings. The van der Waals surface area contributed by atoms with E-state index >= 15 is 0 Å². The van der Waals surface area contributed by atoms with E-state index in [4.69, 9.17) is 16.7 Å². The zero-order chi connectivity index (χ0) is 16.7. The maximum absolute atomic E-state index is 9.16. The minimum Gasteiger partial charge on any atom is -0.374 e. The number of halogens is 1. The van der Waals surface area contributed by atoms with Gasteiger partial charge in [0, 0.05) is 11.1 Å². The van der Waals surface area contributed by atoms with Crippen molar-refractivity contribution in [3.8, 4) is 0 Å². The third-order valence-corrected chi connectivity index (χ3v) is 3.62. The molecule has 2 aromatic rings. The molecule has 118 valence electrons. The Morgan fingerprint density at radius 3 is 2.48 bits per heavy atom. The zero-order valence-corrected chi connectivity index (χ0v) is 13.7. The Bertz CT molecular complexity index is 739. The van der Waals surface area contributed by atoms with Crippen LogP contribution in [0.4, 0.5) is 0 Å². The normalized spacial score (nSPS) is 12.3. The molecule has 4 nitrogen and oxygen atoms in total. The maximum Gasteiger partial charge on any atom is 0.162 e. The molecular formula is C18H18ClN3O. The fraction of sp³-hybridized carbons (Fsp3) is 0.167. The number of aliphatic hydroxyl groups is 1. The van der Waals surface area contributed by atoms with Crippen molar-refractivity contribution in [1.29, 1.82) is 0 Å². The molecule has 23 heavy (non-hydrogen) atoms. The highest BCUT2D eigenvalue weighted by Crippen LogP contribution is 2.20. The third-order valence-electron chi connectivity index (χ3n) is 3.29. The average molecular weight is 328 g/mol. The Morgan fingerprint density at radius 2 is 1.87 bits per heavy atom. The van der Waals surface area contributed by atoms with Gasteiger partial charge in [-0.05, 0) is 30.8 Å². The van der Waals surface area contributed by atoms with Crippen LogP contribution < -0.4 is 0 Å². The lowest BCUT2D eigenvalue weighted by Crippen LogP contribution is -2.06.